The monoisotopic (exact) mass is 282 g/mol. The van der Waals surface area contributed by atoms with E-state index >= 15 is 0 Å². The van der Waals surface area contributed by atoms with Crippen LogP contribution in [0, 0.1) is 5.92 Å². The van der Waals surface area contributed by atoms with Crippen molar-refractivity contribution in [3.63, 3.8) is 0 Å². The first-order chi connectivity index (χ1) is 9.16. The van der Waals surface area contributed by atoms with Crippen LogP contribution in [-0.4, -0.2) is 33.8 Å². The van der Waals surface area contributed by atoms with Crippen LogP contribution in [0.1, 0.15) is 67.7 Å². The van der Waals surface area contributed by atoms with Gasteiger partial charge in [-0.15, -0.1) is 0 Å². The van der Waals surface area contributed by atoms with Gasteiger partial charge in [0.1, 0.15) is 11.6 Å². The number of piperazine rings is 1. The molecule has 116 valence electrons. The average Bonchev–Trinajstić information content (AvgIpc) is 2.39. The molecule has 1 aliphatic heterocycles. The van der Waals surface area contributed by atoms with Gasteiger partial charge in [-0.05, 0) is 39.0 Å². The lowest BCUT2D eigenvalue weighted by Crippen LogP contribution is -2.74. The molecule has 1 aliphatic rings. The van der Waals surface area contributed by atoms with Crippen molar-refractivity contribution in [2.45, 2.75) is 84.8 Å². The summed E-state index contributed by atoms with van der Waals surface area (Å²) >= 11 is 0. The Kier molecular flexibility index (Phi) is 4.88. The first-order valence-electron chi connectivity index (χ1n) is 7.82. The van der Waals surface area contributed by atoms with Gasteiger partial charge in [0.05, 0.1) is 0 Å². The summed E-state index contributed by atoms with van der Waals surface area (Å²) in [5, 5.41) is 3.01. The van der Waals surface area contributed by atoms with E-state index in [0.717, 1.165) is 6.42 Å². The molecule has 0 saturated carbocycles. The molecule has 4 nitrogen and oxygen atoms in total. The largest absolute Gasteiger partial charge is 0.340 e. The SMILES string of the molecule is CCC1(CC)NC(=O)C(C(C)C)N(C(C)(C)CC)C1=O. The zero-order valence-electron chi connectivity index (χ0n) is 14.0. The van der Waals surface area contributed by atoms with Gasteiger partial charge < -0.3 is 10.2 Å². The Hall–Kier alpha value is -1.06. The third-order valence-corrected chi connectivity index (χ3v) is 4.89. The third kappa shape index (κ3) is 2.57. The topological polar surface area (TPSA) is 49.4 Å². The molecule has 0 radical (unpaired) electrons. The van der Waals surface area contributed by atoms with Gasteiger partial charge in [0.15, 0.2) is 0 Å². The zero-order valence-corrected chi connectivity index (χ0v) is 14.0. The molecule has 1 fully saturated rings. The summed E-state index contributed by atoms with van der Waals surface area (Å²) in [5.74, 6) is 0.175. The second kappa shape index (κ2) is 5.74. The van der Waals surface area contributed by atoms with Gasteiger partial charge in [0.25, 0.3) is 0 Å². The summed E-state index contributed by atoms with van der Waals surface area (Å²) in [4.78, 5) is 27.5. The number of amides is 2. The van der Waals surface area contributed by atoms with Crippen LogP contribution >= 0.6 is 0 Å². The van der Waals surface area contributed by atoms with Crippen molar-refractivity contribution in [3.8, 4) is 0 Å². The molecule has 0 aromatic carbocycles. The van der Waals surface area contributed by atoms with Crippen LogP contribution in [0.25, 0.3) is 0 Å². The third-order valence-electron chi connectivity index (χ3n) is 4.89. The van der Waals surface area contributed by atoms with Crippen LogP contribution in [0.3, 0.4) is 0 Å². The van der Waals surface area contributed by atoms with Crippen LogP contribution in [0.2, 0.25) is 0 Å². The van der Waals surface area contributed by atoms with Crippen LogP contribution in [0.4, 0.5) is 0 Å². The fraction of sp³-hybridized carbons (Fsp3) is 0.875. The number of hydrogen-bond acceptors (Lipinski definition) is 2. The van der Waals surface area contributed by atoms with Gasteiger partial charge in [-0.1, -0.05) is 34.6 Å². The molecule has 1 N–H and O–H groups in total. The zero-order chi connectivity index (χ0) is 15.7. The van der Waals surface area contributed by atoms with Crippen molar-refractivity contribution in [2.24, 2.45) is 5.92 Å². The molecule has 0 aromatic heterocycles. The van der Waals surface area contributed by atoms with E-state index in [4.69, 9.17) is 0 Å². The minimum absolute atomic E-state index is 0.00942. The normalized spacial score (nSPS) is 23.2. The van der Waals surface area contributed by atoms with E-state index in [1.54, 1.807) is 0 Å². The van der Waals surface area contributed by atoms with Crippen molar-refractivity contribution in [1.29, 1.82) is 0 Å². The highest BCUT2D eigenvalue weighted by atomic mass is 16.2. The molecule has 4 heteroatoms. The highest BCUT2D eigenvalue weighted by molar-refractivity contribution is 6.00. The lowest BCUT2D eigenvalue weighted by atomic mass is 9.81. The minimum Gasteiger partial charge on any atom is -0.340 e. The Bertz CT molecular complexity index is 384. The number of carbonyl (C=O) groups is 2. The Morgan fingerprint density at radius 1 is 1.20 bits per heavy atom. The average molecular weight is 282 g/mol. The summed E-state index contributed by atoms with van der Waals surface area (Å²) < 4.78 is 0. The molecule has 0 aromatic rings. The van der Waals surface area contributed by atoms with Crippen molar-refractivity contribution in [3.05, 3.63) is 0 Å². The van der Waals surface area contributed by atoms with E-state index in [9.17, 15) is 9.59 Å². The maximum atomic E-state index is 13.1. The first-order valence-corrected chi connectivity index (χ1v) is 7.82. The van der Waals surface area contributed by atoms with E-state index in [1.807, 2.05) is 32.6 Å². The molecule has 0 aliphatic carbocycles. The molecule has 0 bridgehead atoms. The lowest BCUT2D eigenvalue weighted by molar-refractivity contribution is -0.164. The summed E-state index contributed by atoms with van der Waals surface area (Å²) in [6.07, 6.45) is 2.10. The second-order valence-electron chi connectivity index (χ2n) is 6.81. The van der Waals surface area contributed by atoms with Crippen molar-refractivity contribution in [2.75, 3.05) is 0 Å². The summed E-state index contributed by atoms with van der Waals surface area (Å²) in [7, 11) is 0. The molecule has 0 spiro atoms. The molecule has 1 saturated heterocycles. The predicted octanol–water partition coefficient (Wildman–Crippen LogP) is 2.72. The standard InChI is InChI=1S/C16H30N2O2/c1-8-15(6,7)18-12(11(4)5)13(19)17-16(9-2,10-3)14(18)20/h11-12H,8-10H2,1-7H3,(H,17,19). The summed E-state index contributed by atoms with van der Waals surface area (Å²) in [6, 6.07) is -0.372. The number of rotatable bonds is 5. The summed E-state index contributed by atoms with van der Waals surface area (Å²) in [6.45, 7) is 14.1. The van der Waals surface area contributed by atoms with Crippen molar-refractivity contribution >= 4 is 11.8 Å². The molecule has 1 unspecified atom stereocenters. The van der Waals surface area contributed by atoms with Crippen LogP contribution in [-0.2, 0) is 9.59 Å². The van der Waals surface area contributed by atoms with Gasteiger partial charge in [0.2, 0.25) is 11.8 Å². The highest BCUT2D eigenvalue weighted by Gasteiger charge is 2.53. The molecular weight excluding hydrogens is 252 g/mol. The molecule has 1 heterocycles. The first kappa shape index (κ1) is 17.0. The van der Waals surface area contributed by atoms with Crippen molar-refractivity contribution in [1.82, 2.24) is 10.2 Å². The Morgan fingerprint density at radius 3 is 2.05 bits per heavy atom. The molecular formula is C16H30N2O2. The van der Waals surface area contributed by atoms with Crippen LogP contribution < -0.4 is 5.32 Å². The summed E-state index contributed by atoms with van der Waals surface area (Å²) in [5.41, 5.74) is -1.03. The quantitative estimate of drug-likeness (QED) is 0.843. The van der Waals surface area contributed by atoms with Gasteiger partial charge >= 0.3 is 0 Å². The fourth-order valence-electron chi connectivity index (χ4n) is 2.99. The number of nitrogens with one attached hydrogen (secondary N) is 1. The smallest absolute Gasteiger partial charge is 0.249 e. The van der Waals surface area contributed by atoms with Crippen LogP contribution in [0.5, 0.6) is 0 Å². The van der Waals surface area contributed by atoms with E-state index < -0.39 is 5.54 Å². The number of carbonyl (C=O) groups excluding carboxylic acids is 2. The van der Waals surface area contributed by atoms with Gasteiger partial charge in [0, 0.05) is 5.54 Å². The molecule has 20 heavy (non-hydrogen) atoms. The molecule has 2 amide bonds. The highest BCUT2D eigenvalue weighted by Crippen LogP contribution is 2.34. The molecule has 1 atom stereocenters. The Balaban J connectivity index is 3.35. The maximum absolute atomic E-state index is 13.1. The number of hydrogen-bond donors (Lipinski definition) is 1. The Morgan fingerprint density at radius 2 is 1.70 bits per heavy atom. The minimum atomic E-state index is -0.727. The molecule has 1 rings (SSSR count). The Labute approximate surface area is 123 Å². The van der Waals surface area contributed by atoms with Gasteiger partial charge in [-0.25, -0.2) is 0 Å². The van der Waals surface area contributed by atoms with Gasteiger partial charge in [-0.3, -0.25) is 9.59 Å². The second-order valence-corrected chi connectivity index (χ2v) is 6.81. The van der Waals surface area contributed by atoms with Gasteiger partial charge in [-0.2, -0.15) is 0 Å². The fourth-order valence-corrected chi connectivity index (χ4v) is 2.99. The van der Waals surface area contributed by atoms with E-state index in [2.05, 4.69) is 26.1 Å². The van der Waals surface area contributed by atoms with E-state index in [0.29, 0.717) is 12.8 Å². The maximum Gasteiger partial charge on any atom is 0.249 e. The van der Waals surface area contributed by atoms with Crippen molar-refractivity contribution < 1.29 is 9.59 Å². The lowest BCUT2D eigenvalue weighted by Gasteiger charge is -2.53. The van der Waals surface area contributed by atoms with Crippen LogP contribution in [0.15, 0.2) is 0 Å². The van der Waals surface area contributed by atoms with E-state index in [-0.39, 0.29) is 29.3 Å². The number of nitrogens with zero attached hydrogens (tertiary/aromatic N) is 1. The van der Waals surface area contributed by atoms with E-state index in [1.165, 1.54) is 0 Å². The predicted molar refractivity (Wildman–Crippen MR) is 81.3 cm³/mol.